The lowest BCUT2D eigenvalue weighted by atomic mass is 9.91. The van der Waals surface area contributed by atoms with Crippen LogP contribution in [0.3, 0.4) is 0 Å². The molecule has 1 aliphatic rings. The van der Waals surface area contributed by atoms with Crippen molar-refractivity contribution in [2.75, 3.05) is 0 Å². The Balaban J connectivity index is 2.36. The lowest BCUT2D eigenvalue weighted by Gasteiger charge is -2.51. The maximum absolute atomic E-state index is 11.8. The Labute approximate surface area is 105 Å². The third kappa shape index (κ3) is 1.61. The summed E-state index contributed by atoms with van der Waals surface area (Å²) in [7, 11) is 0. The number of hydrogen-bond acceptors (Lipinski definition) is 1. The van der Waals surface area contributed by atoms with Gasteiger partial charge >= 0.3 is 0 Å². The second-order valence-corrected chi connectivity index (χ2v) is 5.63. The first-order chi connectivity index (χ1) is 7.46. The molecule has 0 radical (unpaired) electrons. The van der Waals surface area contributed by atoms with Crippen LogP contribution in [0.1, 0.15) is 25.5 Å². The number of carbonyl (C=O) groups is 1. The molecule has 1 unspecified atom stereocenters. The molecule has 0 N–H and O–H groups in total. The van der Waals surface area contributed by atoms with E-state index in [0.29, 0.717) is 0 Å². The van der Waals surface area contributed by atoms with Crippen molar-refractivity contribution in [2.45, 2.75) is 30.3 Å². The van der Waals surface area contributed by atoms with Crippen LogP contribution in [0, 0.1) is 0 Å². The second kappa shape index (κ2) is 3.94. The molecule has 0 aromatic heterocycles. The number of hydrogen-bond donors (Lipinski definition) is 0. The smallest absolute Gasteiger partial charge is 0.262 e. The average Bonchev–Trinajstić information content (AvgIpc) is 2.25. The predicted octanol–water partition coefficient (Wildman–Crippen LogP) is 3.15. The van der Waals surface area contributed by atoms with E-state index >= 15 is 0 Å². The number of alkyl halides is 2. The highest BCUT2D eigenvalue weighted by Gasteiger charge is 2.60. The minimum absolute atomic E-state index is 0.100. The van der Waals surface area contributed by atoms with Gasteiger partial charge in [0.05, 0.1) is 6.04 Å². The molecule has 2 nitrogen and oxygen atoms in total. The fourth-order valence-electron chi connectivity index (χ4n) is 2.05. The van der Waals surface area contributed by atoms with E-state index in [9.17, 15) is 4.79 Å². The normalized spacial score (nSPS) is 23.4. The molecule has 0 saturated carbocycles. The first kappa shape index (κ1) is 11.7. The van der Waals surface area contributed by atoms with E-state index in [4.69, 9.17) is 23.2 Å². The van der Waals surface area contributed by atoms with Gasteiger partial charge in [-0.2, -0.15) is 0 Å². The van der Waals surface area contributed by atoms with E-state index in [1.165, 1.54) is 0 Å². The van der Waals surface area contributed by atoms with E-state index in [0.717, 1.165) is 5.56 Å². The van der Waals surface area contributed by atoms with Gasteiger partial charge in [0, 0.05) is 6.04 Å². The number of nitrogens with zero attached hydrogens (tertiary/aromatic N) is 1. The van der Waals surface area contributed by atoms with Crippen molar-refractivity contribution < 1.29 is 4.79 Å². The fourth-order valence-corrected chi connectivity index (χ4v) is 2.71. The molecular formula is C12H13Cl2NO. The van der Waals surface area contributed by atoms with Crippen LogP contribution in [-0.4, -0.2) is 21.2 Å². The molecule has 1 atom stereocenters. The molecule has 1 aliphatic heterocycles. The van der Waals surface area contributed by atoms with E-state index < -0.39 is 4.33 Å². The molecule has 1 amide bonds. The zero-order chi connectivity index (χ0) is 11.9. The van der Waals surface area contributed by atoms with Gasteiger partial charge in [0.2, 0.25) is 4.33 Å². The highest BCUT2D eigenvalue weighted by atomic mass is 35.5. The zero-order valence-corrected chi connectivity index (χ0v) is 10.7. The van der Waals surface area contributed by atoms with Gasteiger partial charge < -0.3 is 4.90 Å². The van der Waals surface area contributed by atoms with Crippen molar-refractivity contribution in [3.05, 3.63) is 35.9 Å². The van der Waals surface area contributed by atoms with Crippen LogP contribution in [0.15, 0.2) is 30.3 Å². The van der Waals surface area contributed by atoms with Gasteiger partial charge in [-0.25, -0.2) is 0 Å². The Hall–Kier alpha value is -0.730. The first-order valence-corrected chi connectivity index (χ1v) is 5.97. The standard InChI is InChI=1S/C12H13Cl2NO/c1-8(2)15-10(12(13,14)11(15)16)9-6-4-3-5-7-9/h3-8,10H,1-2H3. The van der Waals surface area contributed by atoms with Crippen LogP contribution in [-0.2, 0) is 4.79 Å². The van der Waals surface area contributed by atoms with Crippen LogP contribution < -0.4 is 0 Å². The molecule has 0 bridgehead atoms. The summed E-state index contributed by atoms with van der Waals surface area (Å²) < 4.78 is -1.31. The van der Waals surface area contributed by atoms with Gasteiger partial charge in [-0.3, -0.25) is 4.79 Å². The highest BCUT2D eigenvalue weighted by molar-refractivity contribution is 6.60. The van der Waals surface area contributed by atoms with Gasteiger partial charge in [0.1, 0.15) is 0 Å². The molecule has 1 fully saturated rings. The van der Waals surface area contributed by atoms with Gasteiger partial charge in [-0.15, -0.1) is 0 Å². The van der Waals surface area contributed by atoms with Crippen molar-refractivity contribution in [3.8, 4) is 0 Å². The molecule has 0 spiro atoms. The number of amides is 1. The van der Waals surface area contributed by atoms with Crippen molar-refractivity contribution >= 4 is 29.1 Å². The maximum Gasteiger partial charge on any atom is 0.262 e. The summed E-state index contributed by atoms with van der Waals surface area (Å²) in [6.07, 6.45) is 0. The quantitative estimate of drug-likeness (QED) is 0.589. The molecule has 1 aromatic carbocycles. The third-order valence-corrected chi connectivity index (χ3v) is 3.55. The van der Waals surface area contributed by atoms with Gasteiger partial charge in [-0.1, -0.05) is 53.5 Å². The van der Waals surface area contributed by atoms with E-state index in [1.54, 1.807) is 4.90 Å². The molecular weight excluding hydrogens is 245 g/mol. The largest absolute Gasteiger partial charge is 0.327 e. The molecule has 0 aliphatic carbocycles. The monoisotopic (exact) mass is 257 g/mol. The number of benzene rings is 1. The Morgan fingerprint density at radius 3 is 2.31 bits per heavy atom. The van der Waals surface area contributed by atoms with Crippen LogP contribution in [0.5, 0.6) is 0 Å². The highest BCUT2D eigenvalue weighted by Crippen LogP contribution is 2.51. The van der Waals surface area contributed by atoms with Crippen LogP contribution in [0.25, 0.3) is 0 Å². The molecule has 2 rings (SSSR count). The van der Waals surface area contributed by atoms with Crippen LogP contribution in [0.2, 0.25) is 0 Å². The summed E-state index contributed by atoms with van der Waals surface area (Å²) in [5, 5.41) is 0. The summed E-state index contributed by atoms with van der Waals surface area (Å²) in [6, 6.07) is 9.49. The van der Waals surface area contributed by atoms with E-state index in [1.807, 2.05) is 44.2 Å². The maximum atomic E-state index is 11.8. The number of likely N-dealkylation sites (tertiary alicyclic amines) is 1. The number of halogens is 2. The summed E-state index contributed by atoms with van der Waals surface area (Å²) in [5.41, 5.74) is 0.973. The van der Waals surface area contributed by atoms with Crippen molar-refractivity contribution in [1.82, 2.24) is 4.90 Å². The lowest BCUT2D eigenvalue weighted by molar-refractivity contribution is -0.151. The summed E-state index contributed by atoms with van der Waals surface area (Å²) >= 11 is 12.1. The Kier molecular flexibility index (Phi) is 2.89. The molecule has 1 saturated heterocycles. The molecule has 1 heterocycles. The van der Waals surface area contributed by atoms with Gasteiger partial charge in [0.25, 0.3) is 5.91 Å². The lowest BCUT2D eigenvalue weighted by Crippen LogP contribution is -2.64. The number of rotatable bonds is 2. The minimum atomic E-state index is -1.31. The minimum Gasteiger partial charge on any atom is -0.327 e. The first-order valence-electron chi connectivity index (χ1n) is 5.21. The van der Waals surface area contributed by atoms with Gasteiger partial charge in [0.15, 0.2) is 0 Å². The molecule has 86 valence electrons. The predicted molar refractivity (Wildman–Crippen MR) is 65.6 cm³/mol. The number of carbonyl (C=O) groups excluding carboxylic acids is 1. The average molecular weight is 258 g/mol. The molecule has 4 heteroatoms. The van der Waals surface area contributed by atoms with E-state index in [-0.39, 0.29) is 18.0 Å². The van der Waals surface area contributed by atoms with E-state index in [2.05, 4.69) is 0 Å². The van der Waals surface area contributed by atoms with Crippen molar-refractivity contribution in [1.29, 1.82) is 0 Å². The fraction of sp³-hybridized carbons (Fsp3) is 0.417. The van der Waals surface area contributed by atoms with Gasteiger partial charge in [-0.05, 0) is 19.4 Å². The summed E-state index contributed by atoms with van der Waals surface area (Å²) in [5.74, 6) is -0.209. The summed E-state index contributed by atoms with van der Waals surface area (Å²) in [4.78, 5) is 13.5. The topological polar surface area (TPSA) is 20.3 Å². The van der Waals surface area contributed by atoms with Crippen molar-refractivity contribution in [2.24, 2.45) is 0 Å². The van der Waals surface area contributed by atoms with Crippen molar-refractivity contribution in [3.63, 3.8) is 0 Å². The third-order valence-electron chi connectivity index (χ3n) is 2.81. The second-order valence-electron chi connectivity index (χ2n) is 4.24. The van der Waals surface area contributed by atoms with Crippen LogP contribution in [0.4, 0.5) is 0 Å². The van der Waals surface area contributed by atoms with Crippen LogP contribution >= 0.6 is 23.2 Å². The Morgan fingerprint density at radius 2 is 1.81 bits per heavy atom. The Morgan fingerprint density at radius 1 is 1.25 bits per heavy atom. The zero-order valence-electron chi connectivity index (χ0n) is 9.15. The molecule has 1 aromatic rings. The summed E-state index contributed by atoms with van der Waals surface area (Å²) in [6.45, 7) is 3.91. The SMILES string of the molecule is CC(C)N1C(=O)C(Cl)(Cl)C1c1ccccc1. The number of β-lactam (4-membered cyclic amide) rings is 1. The Bertz CT molecular complexity index is 403. The molecule has 16 heavy (non-hydrogen) atoms.